The van der Waals surface area contributed by atoms with Crippen molar-refractivity contribution in [2.75, 3.05) is 18.1 Å². The molecule has 0 aliphatic heterocycles. The third-order valence-corrected chi connectivity index (χ3v) is 5.24. The maximum atomic E-state index is 3.64. The second kappa shape index (κ2) is 7.96. The van der Waals surface area contributed by atoms with Gasteiger partial charge in [0.15, 0.2) is 0 Å². The molecule has 1 N–H and O–H groups in total. The molecule has 1 fully saturated rings. The first kappa shape index (κ1) is 14.9. The Balaban J connectivity index is 2.02. The van der Waals surface area contributed by atoms with E-state index in [1.165, 1.54) is 42.8 Å². The molecule has 1 atom stereocenters. The average Bonchev–Trinajstić information content (AvgIpc) is 2.36. The summed E-state index contributed by atoms with van der Waals surface area (Å²) < 4.78 is 0. The predicted molar refractivity (Wildman–Crippen MR) is 87.1 cm³/mol. The summed E-state index contributed by atoms with van der Waals surface area (Å²) in [4.78, 5) is 0. The van der Waals surface area contributed by atoms with Crippen LogP contribution in [-0.4, -0.2) is 18.1 Å². The Morgan fingerprint density at radius 1 is 1.32 bits per heavy atom. The van der Waals surface area contributed by atoms with Crippen LogP contribution in [0.2, 0.25) is 0 Å². The van der Waals surface area contributed by atoms with E-state index in [9.17, 15) is 0 Å². The Bertz CT molecular complexity index is 373. The molecule has 1 aliphatic rings. The molecule has 1 aromatic rings. The lowest BCUT2D eigenvalue weighted by Crippen LogP contribution is -2.23. The number of benzene rings is 1. The summed E-state index contributed by atoms with van der Waals surface area (Å²) >= 11 is 2.07. The Kier molecular flexibility index (Phi) is 6.25. The first-order valence-corrected chi connectivity index (χ1v) is 8.91. The van der Waals surface area contributed by atoms with E-state index >= 15 is 0 Å². The topological polar surface area (TPSA) is 12.0 Å². The lowest BCUT2D eigenvalue weighted by Gasteiger charge is -2.27. The molecule has 106 valence electrons. The van der Waals surface area contributed by atoms with E-state index in [4.69, 9.17) is 0 Å². The van der Waals surface area contributed by atoms with E-state index in [0.717, 1.165) is 12.5 Å². The van der Waals surface area contributed by atoms with Crippen LogP contribution >= 0.6 is 11.8 Å². The quantitative estimate of drug-likeness (QED) is 0.688. The second-order valence-corrected chi connectivity index (χ2v) is 6.63. The molecule has 0 aromatic heterocycles. The zero-order valence-corrected chi connectivity index (χ0v) is 13.1. The lowest BCUT2D eigenvalue weighted by molar-refractivity contribution is 0.419. The molecule has 0 saturated heterocycles. The minimum Gasteiger partial charge on any atom is -0.310 e. The Morgan fingerprint density at radius 3 is 2.79 bits per heavy atom. The smallest absolute Gasteiger partial charge is 0.0411 e. The molecular formula is C17H27NS. The Labute approximate surface area is 122 Å². The highest BCUT2D eigenvalue weighted by molar-refractivity contribution is 7.99. The highest BCUT2D eigenvalue weighted by Gasteiger charge is 2.20. The number of rotatable bonds is 8. The van der Waals surface area contributed by atoms with Gasteiger partial charge in [-0.2, -0.15) is 11.8 Å². The van der Waals surface area contributed by atoms with E-state index in [-0.39, 0.29) is 0 Å². The standard InChI is InChI=1S/C17H27NS/c1-3-11-19-13-17(18-4-2)16-10-6-9-15(12-16)14-7-5-8-14/h6,9-10,12,14,17-18H,3-5,7-8,11,13H2,1-2H3. The van der Waals surface area contributed by atoms with E-state index in [2.05, 4.69) is 55.2 Å². The van der Waals surface area contributed by atoms with Gasteiger partial charge in [0.2, 0.25) is 0 Å². The van der Waals surface area contributed by atoms with Crippen molar-refractivity contribution in [1.82, 2.24) is 5.32 Å². The van der Waals surface area contributed by atoms with Crippen molar-refractivity contribution in [2.45, 2.75) is 51.5 Å². The predicted octanol–water partition coefficient (Wildman–Crippen LogP) is 4.75. The fourth-order valence-corrected chi connectivity index (χ4v) is 3.64. The van der Waals surface area contributed by atoms with Gasteiger partial charge < -0.3 is 5.32 Å². The first-order chi connectivity index (χ1) is 9.35. The van der Waals surface area contributed by atoms with Crippen LogP contribution in [0.3, 0.4) is 0 Å². The molecule has 0 heterocycles. The highest BCUT2D eigenvalue weighted by Crippen LogP contribution is 2.37. The van der Waals surface area contributed by atoms with Crippen LogP contribution in [0.1, 0.15) is 62.6 Å². The van der Waals surface area contributed by atoms with Crippen molar-refractivity contribution < 1.29 is 0 Å². The summed E-state index contributed by atoms with van der Waals surface area (Å²) in [6.07, 6.45) is 5.46. The summed E-state index contributed by atoms with van der Waals surface area (Å²) in [6.45, 7) is 5.50. The van der Waals surface area contributed by atoms with E-state index in [0.29, 0.717) is 6.04 Å². The van der Waals surface area contributed by atoms with E-state index < -0.39 is 0 Å². The summed E-state index contributed by atoms with van der Waals surface area (Å²) in [7, 11) is 0. The van der Waals surface area contributed by atoms with Crippen LogP contribution in [0.15, 0.2) is 24.3 Å². The molecule has 1 saturated carbocycles. The molecule has 0 spiro atoms. The van der Waals surface area contributed by atoms with Crippen LogP contribution in [-0.2, 0) is 0 Å². The third kappa shape index (κ3) is 4.25. The zero-order valence-electron chi connectivity index (χ0n) is 12.3. The van der Waals surface area contributed by atoms with Crippen molar-refractivity contribution in [3.05, 3.63) is 35.4 Å². The van der Waals surface area contributed by atoms with Gasteiger partial charge in [0, 0.05) is 11.8 Å². The van der Waals surface area contributed by atoms with Crippen LogP contribution < -0.4 is 5.32 Å². The summed E-state index contributed by atoms with van der Waals surface area (Å²) in [5.74, 6) is 3.30. The minimum absolute atomic E-state index is 0.515. The number of nitrogens with one attached hydrogen (secondary N) is 1. The minimum atomic E-state index is 0.515. The van der Waals surface area contributed by atoms with Gasteiger partial charge in [0.25, 0.3) is 0 Å². The van der Waals surface area contributed by atoms with Crippen molar-refractivity contribution >= 4 is 11.8 Å². The molecule has 1 nitrogen and oxygen atoms in total. The number of hydrogen-bond acceptors (Lipinski definition) is 2. The third-order valence-electron chi connectivity index (χ3n) is 3.97. The molecule has 2 rings (SSSR count). The van der Waals surface area contributed by atoms with Gasteiger partial charge in [-0.15, -0.1) is 0 Å². The zero-order chi connectivity index (χ0) is 13.5. The van der Waals surface area contributed by atoms with Gasteiger partial charge in [-0.05, 0) is 48.6 Å². The molecule has 19 heavy (non-hydrogen) atoms. The van der Waals surface area contributed by atoms with Crippen molar-refractivity contribution in [2.24, 2.45) is 0 Å². The van der Waals surface area contributed by atoms with Gasteiger partial charge in [0.05, 0.1) is 0 Å². The molecule has 0 radical (unpaired) electrons. The lowest BCUT2D eigenvalue weighted by atomic mass is 9.79. The monoisotopic (exact) mass is 277 g/mol. The van der Waals surface area contributed by atoms with Gasteiger partial charge in [-0.3, -0.25) is 0 Å². The number of hydrogen-bond donors (Lipinski definition) is 1. The largest absolute Gasteiger partial charge is 0.310 e. The first-order valence-electron chi connectivity index (χ1n) is 7.76. The van der Waals surface area contributed by atoms with Crippen molar-refractivity contribution in [1.29, 1.82) is 0 Å². The van der Waals surface area contributed by atoms with Crippen LogP contribution in [0.5, 0.6) is 0 Å². The van der Waals surface area contributed by atoms with Crippen molar-refractivity contribution in [3.8, 4) is 0 Å². The van der Waals surface area contributed by atoms with Crippen LogP contribution in [0, 0.1) is 0 Å². The fourth-order valence-electron chi connectivity index (χ4n) is 2.64. The summed E-state index contributed by atoms with van der Waals surface area (Å²) in [6, 6.07) is 9.82. The SMILES string of the molecule is CCCSCC(NCC)c1cccc(C2CCC2)c1. The summed E-state index contributed by atoms with van der Waals surface area (Å²) in [5.41, 5.74) is 3.04. The van der Waals surface area contributed by atoms with E-state index in [1.807, 2.05) is 0 Å². The van der Waals surface area contributed by atoms with Gasteiger partial charge in [-0.1, -0.05) is 44.5 Å². The molecule has 1 aliphatic carbocycles. The fraction of sp³-hybridized carbons (Fsp3) is 0.647. The molecular weight excluding hydrogens is 250 g/mol. The normalized spacial score (nSPS) is 17.2. The molecule has 1 unspecified atom stereocenters. The molecule has 1 aromatic carbocycles. The maximum absolute atomic E-state index is 3.64. The van der Waals surface area contributed by atoms with E-state index in [1.54, 1.807) is 5.56 Å². The Morgan fingerprint density at radius 2 is 2.16 bits per heavy atom. The van der Waals surface area contributed by atoms with Crippen LogP contribution in [0.25, 0.3) is 0 Å². The number of thioether (sulfide) groups is 1. The van der Waals surface area contributed by atoms with Crippen molar-refractivity contribution in [3.63, 3.8) is 0 Å². The Hall–Kier alpha value is -0.470. The average molecular weight is 277 g/mol. The molecule has 2 heteroatoms. The second-order valence-electron chi connectivity index (χ2n) is 5.48. The van der Waals surface area contributed by atoms with Gasteiger partial charge >= 0.3 is 0 Å². The summed E-state index contributed by atoms with van der Waals surface area (Å²) in [5, 5.41) is 3.64. The van der Waals surface area contributed by atoms with Crippen LogP contribution in [0.4, 0.5) is 0 Å². The van der Waals surface area contributed by atoms with Gasteiger partial charge in [-0.25, -0.2) is 0 Å². The maximum Gasteiger partial charge on any atom is 0.0411 e. The van der Waals surface area contributed by atoms with Gasteiger partial charge in [0.1, 0.15) is 0 Å². The molecule has 0 amide bonds. The highest BCUT2D eigenvalue weighted by atomic mass is 32.2. The molecule has 0 bridgehead atoms.